The van der Waals surface area contributed by atoms with Gasteiger partial charge in [0.05, 0.1) is 6.54 Å². The molecule has 2 fully saturated rings. The van der Waals surface area contributed by atoms with E-state index in [1.54, 1.807) is 6.07 Å². The molecule has 0 spiro atoms. The van der Waals surface area contributed by atoms with Gasteiger partial charge in [0, 0.05) is 24.6 Å². The molecule has 1 saturated carbocycles. The van der Waals surface area contributed by atoms with Crippen LogP contribution in [0.3, 0.4) is 0 Å². The first-order valence-corrected chi connectivity index (χ1v) is 7.61. The molecule has 1 aromatic carbocycles. The SMILES string of the molecule is NC(=NCC1(c2ccc(F)cc2F)CCCC1)N1CCC1. The third kappa shape index (κ3) is 2.74. The number of nitrogens with two attached hydrogens (primary N) is 1. The van der Waals surface area contributed by atoms with Crippen molar-refractivity contribution in [1.82, 2.24) is 4.90 Å². The molecule has 1 aliphatic carbocycles. The zero-order chi connectivity index (χ0) is 14.9. The number of benzene rings is 1. The van der Waals surface area contributed by atoms with E-state index in [1.165, 1.54) is 6.07 Å². The molecule has 3 nitrogen and oxygen atoms in total. The third-order valence-corrected chi connectivity index (χ3v) is 4.79. The Morgan fingerprint density at radius 3 is 2.48 bits per heavy atom. The standard InChI is InChI=1S/C16H21F2N3/c17-12-4-5-13(14(18)10-12)16(6-1-2-7-16)11-20-15(19)21-8-3-9-21/h4-5,10H,1-3,6-9,11H2,(H2,19,20). The molecule has 1 aliphatic heterocycles. The molecule has 5 heteroatoms. The average Bonchev–Trinajstić information content (AvgIpc) is 2.84. The zero-order valence-electron chi connectivity index (χ0n) is 12.1. The summed E-state index contributed by atoms with van der Waals surface area (Å²) in [5.41, 5.74) is 6.24. The Hall–Kier alpha value is -1.65. The smallest absolute Gasteiger partial charge is 0.191 e. The molecule has 1 saturated heterocycles. The fourth-order valence-electron chi connectivity index (χ4n) is 3.36. The van der Waals surface area contributed by atoms with Crippen LogP contribution < -0.4 is 5.73 Å². The van der Waals surface area contributed by atoms with E-state index in [-0.39, 0.29) is 5.41 Å². The molecule has 0 radical (unpaired) electrons. The number of guanidine groups is 1. The minimum Gasteiger partial charge on any atom is -0.370 e. The summed E-state index contributed by atoms with van der Waals surface area (Å²) in [4.78, 5) is 6.53. The number of nitrogens with zero attached hydrogens (tertiary/aromatic N) is 2. The van der Waals surface area contributed by atoms with Gasteiger partial charge >= 0.3 is 0 Å². The van der Waals surface area contributed by atoms with Gasteiger partial charge in [0.25, 0.3) is 0 Å². The van der Waals surface area contributed by atoms with Crippen molar-refractivity contribution in [3.05, 3.63) is 35.4 Å². The number of rotatable bonds is 3. The normalized spacial score (nSPS) is 21.4. The van der Waals surface area contributed by atoms with Gasteiger partial charge in [-0.05, 0) is 30.9 Å². The van der Waals surface area contributed by atoms with Crippen LogP contribution >= 0.6 is 0 Å². The van der Waals surface area contributed by atoms with E-state index in [9.17, 15) is 8.78 Å². The fourth-order valence-corrected chi connectivity index (χ4v) is 3.36. The summed E-state index contributed by atoms with van der Waals surface area (Å²) in [6.07, 6.45) is 5.01. The van der Waals surface area contributed by atoms with E-state index in [0.29, 0.717) is 18.1 Å². The monoisotopic (exact) mass is 293 g/mol. The van der Waals surface area contributed by atoms with Gasteiger partial charge in [-0.2, -0.15) is 0 Å². The number of halogens is 2. The zero-order valence-corrected chi connectivity index (χ0v) is 12.1. The van der Waals surface area contributed by atoms with Crippen molar-refractivity contribution in [2.24, 2.45) is 10.7 Å². The Labute approximate surface area is 123 Å². The van der Waals surface area contributed by atoms with Crippen LogP contribution in [0.4, 0.5) is 8.78 Å². The molecular formula is C16H21F2N3. The lowest BCUT2D eigenvalue weighted by atomic mass is 9.78. The second-order valence-electron chi connectivity index (χ2n) is 6.13. The van der Waals surface area contributed by atoms with Crippen molar-refractivity contribution >= 4 is 5.96 Å². The van der Waals surface area contributed by atoms with Gasteiger partial charge in [-0.25, -0.2) is 8.78 Å². The molecule has 0 atom stereocenters. The van der Waals surface area contributed by atoms with E-state index in [1.807, 2.05) is 4.90 Å². The summed E-state index contributed by atoms with van der Waals surface area (Å²) >= 11 is 0. The van der Waals surface area contributed by atoms with E-state index in [2.05, 4.69) is 4.99 Å². The summed E-state index contributed by atoms with van der Waals surface area (Å²) in [5, 5.41) is 0. The van der Waals surface area contributed by atoms with Crippen LogP contribution in [0, 0.1) is 11.6 Å². The van der Waals surface area contributed by atoms with E-state index < -0.39 is 11.6 Å². The molecule has 3 rings (SSSR count). The quantitative estimate of drug-likeness (QED) is 0.688. The Morgan fingerprint density at radius 2 is 1.90 bits per heavy atom. The van der Waals surface area contributed by atoms with Crippen LogP contribution in [0.5, 0.6) is 0 Å². The molecule has 2 aliphatic rings. The molecule has 0 unspecified atom stereocenters. The van der Waals surface area contributed by atoms with Crippen molar-refractivity contribution in [2.75, 3.05) is 19.6 Å². The Kier molecular flexibility index (Phi) is 3.83. The highest BCUT2D eigenvalue weighted by atomic mass is 19.1. The maximum Gasteiger partial charge on any atom is 0.191 e. The first-order chi connectivity index (χ1) is 10.1. The molecule has 0 aromatic heterocycles. The van der Waals surface area contributed by atoms with Gasteiger partial charge in [0.1, 0.15) is 11.6 Å². The van der Waals surface area contributed by atoms with Crippen molar-refractivity contribution in [1.29, 1.82) is 0 Å². The van der Waals surface area contributed by atoms with Gasteiger partial charge in [0.15, 0.2) is 5.96 Å². The van der Waals surface area contributed by atoms with Crippen molar-refractivity contribution in [3.8, 4) is 0 Å². The number of hydrogen-bond donors (Lipinski definition) is 1. The van der Waals surface area contributed by atoms with Crippen LogP contribution in [-0.4, -0.2) is 30.5 Å². The van der Waals surface area contributed by atoms with Crippen LogP contribution in [-0.2, 0) is 5.41 Å². The first-order valence-electron chi connectivity index (χ1n) is 7.61. The second kappa shape index (κ2) is 5.62. The number of likely N-dealkylation sites (tertiary alicyclic amines) is 1. The summed E-state index contributed by atoms with van der Waals surface area (Å²) < 4.78 is 27.3. The van der Waals surface area contributed by atoms with E-state index >= 15 is 0 Å². The molecule has 2 N–H and O–H groups in total. The topological polar surface area (TPSA) is 41.6 Å². The van der Waals surface area contributed by atoms with Gasteiger partial charge in [-0.3, -0.25) is 4.99 Å². The maximum absolute atomic E-state index is 14.2. The van der Waals surface area contributed by atoms with Gasteiger partial charge in [0.2, 0.25) is 0 Å². The minimum absolute atomic E-state index is 0.326. The summed E-state index contributed by atoms with van der Waals surface area (Å²) in [5.74, 6) is -0.447. The fraction of sp³-hybridized carbons (Fsp3) is 0.562. The minimum atomic E-state index is -0.534. The second-order valence-corrected chi connectivity index (χ2v) is 6.13. The highest BCUT2D eigenvalue weighted by Gasteiger charge is 2.38. The predicted octanol–water partition coefficient (Wildman–Crippen LogP) is 2.80. The van der Waals surface area contributed by atoms with Gasteiger partial charge in [-0.1, -0.05) is 18.9 Å². The van der Waals surface area contributed by atoms with Crippen LogP contribution in [0.2, 0.25) is 0 Å². The van der Waals surface area contributed by atoms with Crippen LogP contribution in [0.1, 0.15) is 37.7 Å². The largest absolute Gasteiger partial charge is 0.370 e. The molecule has 0 amide bonds. The van der Waals surface area contributed by atoms with E-state index in [0.717, 1.165) is 51.3 Å². The van der Waals surface area contributed by atoms with Crippen molar-refractivity contribution in [2.45, 2.75) is 37.5 Å². The summed E-state index contributed by atoms with van der Waals surface area (Å²) in [6.45, 7) is 2.39. The van der Waals surface area contributed by atoms with Crippen molar-refractivity contribution < 1.29 is 8.78 Å². The molecule has 1 heterocycles. The third-order valence-electron chi connectivity index (χ3n) is 4.79. The highest BCUT2D eigenvalue weighted by Crippen LogP contribution is 2.42. The Balaban J connectivity index is 1.85. The Bertz CT molecular complexity index is 546. The van der Waals surface area contributed by atoms with Crippen molar-refractivity contribution in [3.63, 3.8) is 0 Å². The summed E-state index contributed by atoms with van der Waals surface area (Å²) in [7, 11) is 0. The lowest BCUT2D eigenvalue weighted by Crippen LogP contribution is -2.47. The Morgan fingerprint density at radius 1 is 1.19 bits per heavy atom. The number of hydrogen-bond acceptors (Lipinski definition) is 1. The molecule has 0 bridgehead atoms. The van der Waals surface area contributed by atoms with Gasteiger partial charge in [-0.15, -0.1) is 0 Å². The predicted molar refractivity (Wildman–Crippen MR) is 79.2 cm³/mol. The van der Waals surface area contributed by atoms with Crippen LogP contribution in [0.15, 0.2) is 23.2 Å². The summed E-state index contributed by atoms with van der Waals surface area (Å²) in [6, 6.07) is 3.88. The molecular weight excluding hydrogens is 272 g/mol. The maximum atomic E-state index is 14.2. The first kappa shape index (κ1) is 14.3. The lowest BCUT2D eigenvalue weighted by molar-refractivity contribution is 0.294. The van der Waals surface area contributed by atoms with Crippen LogP contribution in [0.25, 0.3) is 0 Å². The lowest BCUT2D eigenvalue weighted by Gasteiger charge is -2.33. The van der Waals surface area contributed by atoms with Gasteiger partial charge < -0.3 is 10.6 Å². The molecule has 21 heavy (non-hydrogen) atoms. The number of aliphatic imine (C=N–C) groups is 1. The average molecular weight is 293 g/mol. The highest BCUT2D eigenvalue weighted by molar-refractivity contribution is 5.78. The molecule has 114 valence electrons. The van der Waals surface area contributed by atoms with E-state index in [4.69, 9.17) is 5.73 Å². The molecule has 1 aromatic rings.